The van der Waals surface area contributed by atoms with Crippen molar-refractivity contribution in [2.45, 2.75) is 5.88 Å². The summed E-state index contributed by atoms with van der Waals surface area (Å²) in [6.45, 7) is 3.12. The van der Waals surface area contributed by atoms with Gasteiger partial charge in [-0.3, -0.25) is 0 Å². The predicted octanol–water partition coefficient (Wildman–Crippen LogP) is 2.68. The summed E-state index contributed by atoms with van der Waals surface area (Å²) in [7, 11) is 0. The summed E-state index contributed by atoms with van der Waals surface area (Å²) in [5.41, 5.74) is 1.44. The van der Waals surface area contributed by atoms with Crippen molar-refractivity contribution in [1.29, 1.82) is 0 Å². The van der Waals surface area contributed by atoms with Crippen LogP contribution in [0.15, 0.2) is 36.4 Å². The SMILES string of the molecule is Fc1ccccc1N1CCN(c2ccc(CCl)nn2)CC1. The number of hydrogen-bond acceptors (Lipinski definition) is 4. The Morgan fingerprint density at radius 2 is 1.67 bits per heavy atom. The molecule has 21 heavy (non-hydrogen) atoms. The van der Waals surface area contributed by atoms with Gasteiger partial charge in [-0.25, -0.2) is 4.39 Å². The third kappa shape index (κ3) is 3.08. The molecular weight excluding hydrogens is 291 g/mol. The maximum atomic E-state index is 13.8. The molecule has 0 amide bonds. The number of alkyl halides is 1. The van der Waals surface area contributed by atoms with E-state index in [0.717, 1.165) is 37.7 Å². The van der Waals surface area contributed by atoms with Gasteiger partial charge in [-0.1, -0.05) is 12.1 Å². The lowest BCUT2D eigenvalue weighted by Crippen LogP contribution is -2.47. The van der Waals surface area contributed by atoms with Gasteiger partial charge in [-0.2, -0.15) is 5.10 Å². The van der Waals surface area contributed by atoms with Crippen LogP contribution in [0, 0.1) is 5.82 Å². The summed E-state index contributed by atoms with van der Waals surface area (Å²) in [6.07, 6.45) is 0. The number of anilines is 2. The van der Waals surface area contributed by atoms with Crippen LogP contribution in [0.4, 0.5) is 15.9 Å². The number of aromatic nitrogens is 2. The first-order valence-corrected chi connectivity index (χ1v) is 7.44. The van der Waals surface area contributed by atoms with Gasteiger partial charge in [0.2, 0.25) is 0 Å². The molecule has 0 radical (unpaired) electrons. The lowest BCUT2D eigenvalue weighted by Gasteiger charge is -2.36. The molecule has 0 bridgehead atoms. The van der Waals surface area contributed by atoms with Crippen LogP contribution >= 0.6 is 11.6 Å². The molecule has 1 saturated heterocycles. The van der Waals surface area contributed by atoms with Crippen molar-refractivity contribution in [2.24, 2.45) is 0 Å². The van der Waals surface area contributed by atoms with Gasteiger partial charge in [-0.15, -0.1) is 16.7 Å². The maximum Gasteiger partial charge on any atom is 0.151 e. The monoisotopic (exact) mass is 306 g/mol. The van der Waals surface area contributed by atoms with Crippen molar-refractivity contribution >= 4 is 23.1 Å². The highest BCUT2D eigenvalue weighted by Gasteiger charge is 2.20. The molecule has 0 spiro atoms. The molecule has 1 aromatic heterocycles. The molecular formula is C15H16ClFN4. The minimum atomic E-state index is -0.169. The Hall–Kier alpha value is -1.88. The van der Waals surface area contributed by atoms with Gasteiger partial charge in [0.05, 0.1) is 17.3 Å². The number of nitrogens with zero attached hydrogens (tertiary/aromatic N) is 4. The van der Waals surface area contributed by atoms with Crippen LogP contribution in [0.5, 0.6) is 0 Å². The Bertz CT molecular complexity index is 597. The highest BCUT2D eigenvalue weighted by Crippen LogP contribution is 2.21. The first-order valence-electron chi connectivity index (χ1n) is 6.91. The molecule has 6 heteroatoms. The van der Waals surface area contributed by atoms with E-state index in [1.54, 1.807) is 6.07 Å². The van der Waals surface area contributed by atoms with E-state index in [9.17, 15) is 4.39 Å². The van der Waals surface area contributed by atoms with E-state index >= 15 is 0 Å². The van der Waals surface area contributed by atoms with Crippen LogP contribution in [-0.2, 0) is 5.88 Å². The Kier molecular flexibility index (Phi) is 4.20. The zero-order chi connectivity index (χ0) is 14.7. The number of halogens is 2. The highest BCUT2D eigenvalue weighted by atomic mass is 35.5. The quantitative estimate of drug-likeness (QED) is 0.816. The van der Waals surface area contributed by atoms with Crippen LogP contribution in [-0.4, -0.2) is 36.4 Å². The molecule has 1 aliphatic heterocycles. The molecule has 4 nitrogen and oxygen atoms in total. The fraction of sp³-hybridized carbons (Fsp3) is 0.333. The first-order chi connectivity index (χ1) is 10.3. The average Bonchev–Trinajstić information content (AvgIpc) is 2.56. The fourth-order valence-corrected chi connectivity index (χ4v) is 2.62. The molecule has 2 aromatic rings. The lowest BCUT2D eigenvalue weighted by atomic mass is 10.2. The second-order valence-electron chi connectivity index (χ2n) is 4.94. The smallest absolute Gasteiger partial charge is 0.151 e. The normalized spacial score (nSPS) is 15.3. The molecule has 110 valence electrons. The Morgan fingerprint density at radius 3 is 2.29 bits per heavy atom. The van der Waals surface area contributed by atoms with Gasteiger partial charge >= 0.3 is 0 Å². The van der Waals surface area contributed by atoms with E-state index in [1.165, 1.54) is 6.07 Å². The number of hydrogen-bond donors (Lipinski definition) is 0. The van der Waals surface area contributed by atoms with Crippen LogP contribution in [0.3, 0.4) is 0 Å². The fourth-order valence-electron chi connectivity index (χ4n) is 2.48. The number of benzene rings is 1. The van der Waals surface area contributed by atoms with E-state index in [-0.39, 0.29) is 5.82 Å². The van der Waals surface area contributed by atoms with Crippen molar-refractivity contribution < 1.29 is 4.39 Å². The molecule has 0 N–H and O–H groups in total. The van der Waals surface area contributed by atoms with Crippen LogP contribution < -0.4 is 9.80 Å². The second-order valence-corrected chi connectivity index (χ2v) is 5.21. The van der Waals surface area contributed by atoms with Crippen molar-refractivity contribution in [3.05, 3.63) is 47.9 Å². The van der Waals surface area contributed by atoms with E-state index in [0.29, 0.717) is 11.6 Å². The van der Waals surface area contributed by atoms with Gasteiger partial charge in [0.15, 0.2) is 5.82 Å². The zero-order valence-corrected chi connectivity index (χ0v) is 12.3. The Morgan fingerprint density at radius 1 is 0.952 bits per heavy atom. The molecule has 2 heterocycles. The maximum absolute atomic E-state index is 13.8. The lowest BCUT2D eigenvalue weighted by molar-refractivity contribution is 0.595. The first kappa shape index (κ1) is 14.1. The molecule has 0 atom stereocenters. The summed E-state index contributed by atoms with van der Waals surface area (Å²) in [6, 6.07) is 10.7. The number of rotatable bonds is 3. The van der Waals surface area contributed by atoms with E-state index in [4.69, 9.17) is 11.6 Å². The summed E-state index contributed by atoms with van der Waals surface area (Å²) in [5.74, 6) is 1.04. The average molecular weight is 307 g/mol. The van der Waals surface area contributed by atoms with E-state index in [2.05, 4.69) is 20.0 Å². The molecule has 0 unspecified atom stereocenters. The third-order valence-corrected chi connectivity index (χ3v) is 3.91. The Balaban J connectivity index is 1.66. The minimum absolute atomic E-state index is 0.169. The summed E-state index contributed by atoms with van der Waals surface area (Å²) >= 11 is 5.71. The van der Waals surface area contributed by atoms with E-state index in [1.807, 2.05) is 24.3 Å². The van der Waals surface area contributed by atoms with Crippen molar-refractivity contribution in [2.75, 3.05) is 36.0 Å². The molecule has 1 fully saturated rings. The van der Waals surface area contributed by atoms with Crippen molar-refractivity contribution in [1.82, 2.24) is 10.2 Å². The summed E-state index contributed by atoms with van der Waals surface area (Å²) < 4.78 is 13.8. The molecule has 1 aliphatic rings. The van der Waals surface area contributed by atoms with Gasteiger partial charge < -0.3 is 9.80 Å². The van der Waals surface area contributed by atoms with Gasteiger partial charge in [0.1, 0.15) is 5.82 Å². The molecule has 3 rings (SSSR count). The third-order valence-electron chi connectivity index (χ3n) is 3.64. The number of piperazine rings is 1. The molecule has 0 saturated carbocycles. The molecule has 0 aliphatic carbocycles. The highest BCUT2D eigenvalue weighted by molar-refractivity contribution is 6.16. The van der Waals surface area contributed by atoms with Crippen LogP contribution in [0.1, 0.15) is 5.69 Å². The predicted molar refractivity (Wildman–Crippen MR) is 82.4 cm³/mol. The number of para-hydroxylation sites is 1. The zero-order valence-electron chi connectivity index (χ0n) is 11.5. The summed E-state index contributed by atoms with van der Waals surface area (Å²) in [4.78, 5) is 4.22. The Labute approximate surface area is 128 Å². The standard InChI is InChI=1S/C15H16ClFN4/c16-11-12-5-6-15(19-18-12)21-9-7-20(8-10-21)14-4-2-1-3-13(14)17/h1-6H,7-11H2. The van der Waals surface area contributed by atoms with Gasteiger partial charge in [0, 0.05) is 26.2 Å². The second kappa shape index (κ2) is 6.26. The minimum Gasteiger partial charge on any atom is -0.366 e. The van der Waals surface area contributed by atoms with Gasteiger partial charge in [-0.05, 0) is 24.3 Å². The van der Waals surface area contributed by atoms with Gasteiger partial charge in [0.25, 0.3) is 0 Å². The topological polar surface area (TPSA) is 32.3 Å². The summed E-state index contributed by atoms with van der Waals surface area (Å²) in [5, 5.41) is 8.25. The van der Waals surface area contributed by atoms with Crippen LogP contribution in [0.2, 0.25) is 0 Å². The van der Waals surface area contributed by atoms with Crippen molar-refractivity contribution in [3.8, 4) is 0 Å². The van der Waals surface area contributed by atoms with Crippen LogP contribution in [0.25, 0.3) is 0 Å². The van der Waals surface area contributed by atoms with Crippen molar-refractivity contribution in [3.63, 3.8) is 0 Å². The largest absolute Gasteiger partial charge is 0.366 e. The van der Waals surface area contributed by atoms with E-state index < -0.39 is 0 Å². The molecule has 1 aromatic carbocycles.